The summed E-state index contributed by atoms with van der Waals surface area (Å²) in [6.45, 7) is -0.339. The van der Waals surface area contributed by atoms with Crippen molar-refractivity contribution in [1.29, 1.82) is 0 Å². The summed E-state index contributed by atoms with van der Waals surface area (Å²) in [6, 6.07) is 21.3. The highest BCUT2D eigenvalue weighted by Crippen LogP contribution is 2.68. The zero-order valence-electron chi connectivity index (χ0n) is 20.7. The molecule has 7 nitrogen and oxygen atoms in total. The van der Waals surface area contributed by atoms with Crippen LogP contribution in [0.3, 0.4) is 0 Å². The number of aliphatic hydroxyl groups is 1. The number of fused-ring (bicyclic) bond motifs is 2. The van der Waals surface area contributed by atoms with Crippen molar-refractivity contribution in [2.24, 2.45) is 11.8 Å². The lowest BCUT2D eigenvalue weighted by atomic mass is 9.70. The average Bonchev–Trinajstić information content (AvgIpc) is 3.53. The van der Waals surface area contributed by atoms with Crippen molar-refractivity contribution < 1.29 is 19.5 Å². The number of rotatable bonds is 6. The highest BCUT2D eigenvalue weighted by Gasteiger charge is 2.76. The van der Waals surface area contributed by atoms with Gasteiger partial charge in [-0.2, -0.15) is 0 Å². The number of carbonyl (C=O) groups excluding carboxylic acids is 3. The van der Waals surface area contributed by atoms with Crippen LogP contribution in [0, 0.1) is 11.8 Å². The van der Waals surface area contributed by atoms with Gasteiger partial charge < -0.3 is 20.6 Å². The summed E-state index contributed by atoms with van der Waals surface area (Å²) in [5.41, 5.74) is 1.38. The van der Waals surface area contributed by atoms with Crippen LogP contribution in [0.2, 0.25) is 0 Å². The summed E-state index contributed by atoms with van der Waals surface area (Å²) in [6.07, 6.45) is 0.575. The Morgan fingerprint density at radius 1 is 1.08 bits per heavy atom. The number of halogens is 1. The second-order valence-electron chi connectivity index (χ2n) is 10.2. The van der Waals surface area contributed by atoms with Crippen LogP contribution in [-0.2, 0) is 14.4 Å². The molecule has 3 saturated heterocycles. The first-order valence-electron chi connectivity index (χ1n) is 12.7. The lowest BCUT2D eigenvalue weighted by Gasteiger charge is -2.37. The summed E-state index contributed by atoms with van der Waals surface area (Å²) in [5, 5.41) is 18.3. The number of likely N-dealkylation sites (tertiary alicyclic amines) is 1. The molecule has 0 aliphatic carbocycles. The zero-order valence-corrected chi connectivity index (χ0v) is 23.1. The molecule has 0 radical (unpaired) electrons. The molecule has 38 heavy (non-hydrogen) atoms. The predicted molar refractivity (Wildman–Crippen MR) is 152 cm³/mol. The zero-order chi connectivity index (χ0) is 26.6. The van der Waals surface area contributed by atoms with Crippen molar-refractivity contribution in [1.82, 2.24) is 10.2 Å². The molecule has 0 aromatic heterocycles. The third kappa shape index (κ3) is 3.78. The molecule has 3 amide bonds. The van der Waals surface area contributed by atoms with Gasteiger partial charge >= 0.3 is 0 Å². The van der Waals surface area contributed by atoms with Crippen LogP contribution in [0.25, 0.3) is 10.8 Å². The van der Waals surface area contributed by atoms with E-state index in [1.807, 2.05) is 72.8 Å². The largest absolute Gasteiger partial charge is 0.394 e. The van der Waals surface area contributed by atoms with Crippen LogP contribution in [0.15, 0.2) is 72.8 Å². The number of nitrogens with zero attached hydrogens (tertiary/aromatic N) is 1. The number of carbonyl (C=O) groups is 3. The van der Waals surface area contributed by atoms with E-state index in [9.17, 15) is 19.5 Å². The Kier molecular flexibility index (Phi) is 6.48. The van der Waals surface area contributed by atoms with Gasteiger partial charge in [-0.3, -0.25) is 14.4 Å². The summed E-state index contributed by atoms with van der Waals surface area (Å²) >= 11 is 5.34. The molecular weight excluding hydrogens is 566 g/mol. The fourth-order valence-electron chi connectivity index (χ4n) is 6.68. The van der Waals surface area contributed by atoms with Crippen molar-refractivity contribution in [2.45, 2.75) is 33.3 Å². The highest BCUT2D eigenvalue weighted by atomic mass is 79.9. The molecule has 196 valence electrons. The maximum absolute atomic E-state index is 14.3. The Bertz CT molecular complexity index is 1420. The van der Waals surface area contributed by atoms with Gasteiger partial charge in [0.2, 0.25) is 17.7 Å². The number of hydrogen-bond acceptors (Lipinski definition) is 5. The van der Waals surface area contributed by atoms with E-state index in [2.05, 4.69) is 26.6 Å². The average molecular weight is 595 g/mol. The minimum Gasteiger partial charge on any atom is -0.394 e. The van der Waals surface area contributed by atoms with Crippen LogP contribution in [-0.4, -0.2) is 62.2 Å². The summed E-state index contributed by atoms with van der Waals surface area (Å²) < 4.78 is -0.795. The SMILES string of the molecule is CNC(=O)[C@H]1[C@@H]2SC3(CC2Br)C(C(=O)Nc2ccc4ccccc4c2)N([C@H](CO)c2ccccc2)C(=O)[C@H]13. The number of anilines is 1. The molecule has 3 heterocycles. The molecule has 3 aliphatic heterocycles. The fraction of sp³-hybridized carbons (Fsp3) is 0.345. The second kappa shape index (κ2) is 9.70. The van der Waals surface area contributed by atoms with Crippen LogP contribution < -0.4 is 10.6 Å². The smallest absolute Gasteiger partial charge is 0.248 e. The van der Waals surface area contributed by atoms with Crippen LogP contribution in [0.4, 0.5) is 5.69 Å². The molecule has 3 aliphatic rings. The first kappa shape index (κ1) is 25.4. The standard InChI is InChI=1S/C29H28BrN3O4S/c1-31-26(35)22-23-28(37)33(21(15-34)17-8-3-2-4-9-17)25(29(23)14-20(30)24(22)38-29)27(36)32-19-12-11-16-7-5-6-10-18(16)13-19/h2-13,20-25,34H,14-15H2,1H3,(H,31,35)(H,32,36)/t20?,21-,22-,23+,24-,25?,29?/m1/s1. The predicted octanol–water partition coefficient (Wildman–Crippen LogP) is 3.72. The Balaban J connectivity index is 1.44. The van der Waals surface area contributed by atoms with Crippen LogP contribution in [0.1, 0.15) is 18.0 Å². The molecule has 3 aromatic carbocycles. The van der Waals surface area contributed by atoms with E-state index in [1.54, 1.807) is 23.7 Å². The Morgan fingerprint density at radius 3 is 2.50 bits per heavy atom. The molecule has 3 unspecified atom stereocenters. The van der Waals surface area contributed by atoms with E-state index >= 15 is 0 Å². The van der Waals surface area contributed by atoms with Gasteiger partial charge in [-0.05, 0) is 34.9 Å². The van der Waals surface area contributed by atoms with Crippen molar-refractivity contribution in [2.75, 3.05) is 19.0 Å². The third-order valence-corrected chi connectivity index (χ3v) is 11.5. The van der Waals surface area contributed by atoms with Gasteiger partial charge in [-0.25, -0.2) is 0 Å². The number of alkyl halides is 1. The monoisotopic (exact) mass is 593 g/mol. The van der Waals surface area contributed by atoms with Gasteiger partial charge in [-0.15, -0.1) is 11.8 Å². The van der Waals surface area contributed by atoms with Gasteiger partial charge in [0.1, 0.15) is 6.04 Å². The summed E-state index contributed by atoms with van der Waals surface area (Å²) in [4.78, 5) is 43.1. The van der Waals surface area contributed by atoms with Gasteiger partial charge in [0, 0.05) is 22.8 Å². The Morgan fingerprint density at radius 2 is 1.79 bits per heavy atom. The first-order chi connectivity index (χ1) is 18.4. The summed E-state index contributed by atoms with van der Waals surface area (Å²) in [5.74, 6) is -1.98. The highest BCUT2D eigenvalue weighted by molar-refractivity contribution is 9.09. The topological polar surface area (TPSA) is 98.7 Å². The molecule has 2 bridgehead atoms. The molecule has 3 aromatic rings. The molecule has 3 fully saturated rings. The van der Waals surface area contributed by atoms with E-state index < -0.39 is 28.7 Å². The van der Waals surface area contributed by atoms with Crippen LogP contribution >= 0.6 is 27.7 Å². The minimum atomic E-state index is -0.867. The molecule has 0 saturated carbocycles. The number of amides is 3. The van der Waals surface area contributed by atoms with Crippen molar-refractivity contribution in [3.63, 3.8) is 0 Å². The van der Waals surface area contributed by atoms with Crippen molar-refractivity contribution in [3.05, 3.63) is 78.4 Å². The van der Waals surface area contributed by atoms with E-state index in [1.165, 1.54) is 0 Å². The minimum absolute atomic E-state index is 0.0147. The number of thioether (sulfide) groups is 1. The maximum atomic E-state index is 14.3. The lowest BCUT2D eigenvalue weighted by Crippen LogP contribution is -2.53. The third-order valence-electron chi connectivity index (χ3n) is 8.23. The first-order valence-corrected chi connectivity index (χ1v) is 14.5. The van der Waals surface area contributed by atoms with E-state index in [-0.39, 0.29) is 34.4 Å². The fourth-order valence-corrected chi connectivity index (χ4v) is 10.3. The van der Waals surface area contributed by atoms with Gasteiger partial charge in [0.15, 0.2) is 0 Å². The number of nitrogens with one attached hydrogen (secondary N) is 2. The molecule has 6 rings (SSSR count). The number of benzene rings is 3. The molecular formula is C29H28BrN3O4S. The maximum Gasteiger partial charge on any atom is 0.248 e. The van der Waals surface area contributed by atoms with Crippen molar-refractivity contribution in [3.8, 4) is 0 Å². The molecule has 3 N–H and O–H groups in total. The second-order valence-corrected chi connectivity index (χ2v) is 12.9. The lowest BCUT2D eigenvalue weighted by molar-refractivity contribution is -0.142. The number of hydrogen-bond donors (Lipinski definition) is 3. The van der Waals surface area contributed by atoms with Crippen LogP contribution in [0.5, 0.6) is 0 Å². The van der Waals surface area contributed by atoms with E-state index in [0.29, 0.717) is 12.1 Å². The Hall–Kier alpha value is -2.88. The Labute approximate surface area is 233 Å². The summed E-state index contributed by atoms with van der Waals surface area (Å²) in [7, 11) is 1.58. The molecule has 7 atom stereocenters. The number of aliphatic hydroxyl groups excluding tert-OH is 1. The van der Waals surface area contributed by atoms with Gasteiger partial charge in [0.05, 0.1) is 29.2 Å². The molecule has 1 spiro atoms. The van der Waals surface area contributed by atoms with Crippen molar-refractivity contribution >= 4 is 61.9 Å². The van der Waals surface area contributed by atoms with E-state index in [4.69, 9.17) is 0 Å². The normalized spacial score (nSPS) is 30.3. The van der Waals surface area contributed by atoms with Gasteiger partial charge in [-0.1, -0.05) is 76.6 Å². The van der Waals surface area contributed by atoms with Gasteiger partial charge in [0.25, 0.3) is 0 Å². The quantitative estimate of drug-likeness (QED) is 0.378. The molecule has 9 heteroatoms. The van der Waals surface area contributed by atoms with E-state index in [0.717, 1.165) is 16.3 Å².